The van der Waals surface area contributed by atoms with E-state index >= 15 is 0 Å². The smallest absolute Gasteiger partial charge is 0.111 e. The van der Waals surface area contributed by atoms with Gasteiger partial charge in [0.05, 0.1) is 5.69 Å². The molecular formula is C17H29N3. The molecule has 2 atom stereocenters. The molecule has 20 heavy (non-hydrogen) atoms. The standard InChI is InChI=1S/C17H29N3/c1-13(2)19-8-5-7-15(11-19)10-16-12-20-9-4-6-14(3)17(20)18-16/h12-15H,4-11H2,1-3H3. The van der Waals surface area contributed by atoms with Crippen molar-refractivity contribution in [2.24, 2.45) is 5.92 Å². The van der Waals surface area contributed by atoms with Gasteiger partial charge in [0.15, 0.2) is 0 Å². The third-order valence-electron chi connectivity index (χ3n) is 5.11. The quantitative estimate of drug-likeness (QED) is 0.842. The Kier molecular flexibility index (Phi) is 4.16. The lowest BCUT2D eigenvalue weighted by Crippen LogP contribution is -2.40. The van der Waals surface area contributed by atoms with E-state index in [1.807, 2.05) is 0 Å². The average Bonchev–Trinajstić information content (AvgIpc) is 2.83. The van der Waals surface area contributed by atoms with Crippen LogP contribution < -0.4 is 0 Å². The normalized spacial score (nSPS) is 27.8. The summed E-state index contributed by atoms with van der Waals surface area (Å²) in [6.45, 7) is 10.7. The highest BCUT2D eigenvalue weighted by Crippen LogP contribution is 2.28. The zero-order valence-corrected chi connectivity index (χ0v) is 13.3. The minimum Gasteiger partial charge on any atom is -0.334 e. The summed E-state index contributed by atoms with van der Waals surface area (Å²) in [6.07, 6.45) is 8.86. The third-order valence-corrected chi connectivity index (χ3v) is 5.11. The van der Waals surface area contributed by atoms with E-state index in [9.17, 15) is 0 Å². The highest BCUT2D eigenvalue weighted by Gasteiger charge is 2.24. The van der Waals surface area contributed by atoms with Crippen LogP contribution in [0.2, 0.25) is 0 Å². The number of nitrogens with zero attached hydrogens (tertiary/aromatic N) is 3. The van der Waals surface area contributed by atoms with Gasteiger partial charge in [0.2, 0.25) is 0 Å². The van der Waals surface area contributed by atoms with Gasteiger partial charge in [-0.15, -0.1) is 0 Å². The maximum Gasteiger partial charge on any atom is 0.111 e. The first-order chi connectivity index (χ1) is 9.63. The van der Waals surface area contributed by atoms with E-state index in [1.165, 1.54) is 63.3 Å². The van der Waals surface area contributed by atoms with Crippen molar-refractivity contribution in [1.82, 2.24) is 14.5 Å². The van der Waals surface area contributed by atoms with Gasteiger partial charge in [0.1, 0.15) is 5.82 Å². The molecule has 3 heterocycles. The van der Waals surface area contributed by atoms with Crippen LogP contribution in [0.4, 0.5) is 0 Å². The van der Waals surface area contributed by atoms with Gasteiger partial charge >= 0.3 is 0 Å². The van der Waals surface area contributed by atoms with E-state index in [0.29, 0.717) is 12.0 Å². The van der Waals surface area contributed by atoms with Crippen LogP contribution in [0.25, 0.3) is 0 Å². The Labute approximate surface area is 123 Å². The van der Waals surface area contributed by atoms with Gasteiger partial charge < -0.3 is 9.47 Å². The number of piperidine rings is 1. The topological polar surface area (TPSA) is 21.1 Å². The Morgan fingerprint density at radius 3 is 2.80 bits per heavy atom. The van der Waals surface area contributed by atoms with E-state index in [2.05, 4.69) is 36.4 Å². The number of hydrogen-bond donors (Lipinski definition) is 0. The Morgan fingerprint density at radius 2 is 2.05 bits per heavy atom. The van der Waals surface area contributed by atoms with Crippen molar-refractivity contribution in [3.8, 4) is 0 Å². The SMILES string of the molecule is CC1CCCn2cc(CC3CCCN(C(C)C)C3)nc21. The molecule has 0 aromatic carbocycles. The van der Waals surface area contributed by atoms with Crippen molar-refractivity contribution in [3.63, 3.8) is 0 Å². The van der Waals surface area contributed by atoms with E-state index in [1.54, 1.807) is 0 Å². The lowest BCUT2D eigenvalue weighted by Gasteiger charge is -2.35. The molecule has 2 aliphatic rings. The molecule has 2 aliphatic heterocycles. The molecule has 0 spiro atoms. The van der Waals surface area contributed by atoms with Crippen molar-refractivity contribution < 1.29 is 0 Å². The summed E-state index contributed by atoms with van der Waals surface area (Å²) in [5.41, 5.74) is 1.34. The molecule has 3 heteroatoms. The average molecular weight is 275 g/mol. The second-order valence-corrected chi connectivity index (χ2v) is 7.13. The van der Waals surface area contributed by atoms with Gasteiger partial charge in [-0.2, -0.15) is 0 Å². The van der Waals surface area contributed by atoms with Crippen LogP contribution in [0.5, 0.6) is 0 Å². The number of rotatable bonds is 3. The first kappa shape index (κ1) is 14.1. The molecule has 0 N–H and O–H groups in total. The van der Waals surface area contributed by atoms with Crippen molar-refractivity contribution >= 4 is 0 Å². The molecule has 1 aromatic rings. The van der Waals surface area contributed by atoms with Crippen molar-refractivity contribution in [3.05, 3.63) is 17.7 Å². The van der Waals surface area contributed by atoms with Crippen molar-refractivity contribution in [2.75, 3.05) is 13.1 Å². The number of aryl methyl sites for hydroxylation is 1. The van der Waals surface area contributed by atoms with Crippen molar-refractivity contribution in [1.29, 1.82) is 0 Å². The van der Waals surface area contributed by atoms with E-state index < -0.39 is 0 Å². The van der Waals surface area contributed by atoms with E-state index in [0.717, 1.165) is 5.92 Å². The summed E-state index contributed by atoms with van der Waals surface area (Å²) in [5.74, 6) is 2.79. The van der Waals surface area contributed by atoms with Crippen LogP contribution in [0, 0.1) is 5.92 Å². The summed E-state index contributed by atoms with van der Waals surface area (Å²) in [5, 5.41) is 0. The molecule has 0 amide bonds. The van der Waals surface area contributed by atoms with Gasteiger partial charge in [-0.3, -0.25) is 0 Å². The highest BCUT2D eigenvalue weighted by molar-refractivity contribution is 5.10. The predicted octanol–water partition coefficient (Wildman–Crippen LogP) is 3.44. The second-order valence-electron chi connectivity index (χ2n) is 7.13. The summed E-state index contributed by atoms with van der Waals surface area (Å²) >= 11 is 0. The fourth-order valence-electron chi connectivity index (χ4n) is 3.88. The van der Waals surface area contributed by atoms with Gasteiger partial charge in [-0.25, -0.2) is 4.98 Å². The van der Waals surface area contributed by atoms with Crippen LogP contribution in [0.15, 0.2) is 6.20 Å². The zero-order chi connectivity index (χ0) is 14.1. The summed E-state index contributed by atoms with van der Waals surface area (Å²) in [6, 6.07) is 0.688. The molecule has 3 rings (SSSR count). The van der Waals surface area contributed by atoms with E-state index in [4.69, 9.17) is 4.98 Å². The van der Waals surface area contributed by atoms with Gasteiger partial charge in [-0.1, -0.05) is 6.92 Å². The van der Waals surface area contributed by atoms with Gasteiger partial charge in [-0.05, 0) is 58.4 Å². The Morgan fingerprint density at radius 1 is 1.25 bits per heavy atom. The Balaban J connectivity index is 1.66. The van der Waals surface area contributed by atoms with Crippen LogP contribution in [-0.2, 0) is 13.0 Å². The first-order valence-corrected chi connectivity index (χ1v) is 8.43. The molecule has 2 unspecified atom stereocenters. The number of fused-ring (bicyclic) bond motifs is 1. The fraction of sp³-hybridized carbons (Fsp3) is 0.824. The van der Waals surface area contributed by atoms with Crippen molar-refractivity contribution in [2.45, 2.75) is 71.4 Å². The molecule has 1 aromatic heterocycles. The molecule has 112 valence electrons. The summed E-state index contributed by atoms with van der Waals surface area (Å²) in [7, 11) is 0. The number of hydrogen-bond acceptors (Lipinski definition) is 2. The number of likely N-dealkylation sites (tertiary alicyclic amines) is 1. The maximum atomic E-state index is 4.94. The maximum absolute atomic E-state index is 4.94. The predicted molar refractivity (Wildman–Crippen MR) is 83.0 cm³/mol. The zero-order valence-electron chi connectivity index (χ0n) is 13.3. The monoisotopic (exact) mass is 275 g/mol. The summed E-state index contributed by atoms with van der Waals surface area (Å²) in [4.78, 5) is 7.57. The van der Waals surface area contributed by atoms with Crippen LogP contribution in [-0.4, -0.2) is 33.6 Å². The van der Waals surface area contributed by atoms with Crippen LogP contribution >= 0.6 is 0 Å². The van der Waals surface area contributed by atoms with Crippen LogP contribution in [0.3, 0.4) is 0 Å². The second kappa shape index (κ2) is 5.88. The van der Waals surface area contributed by atoms with Gasteiger partial charge in [0, 0.05) is 31.2 Å². The van der Waals surface area contributed by atoms with E-state index in [-0.39, 0.29) is 0 Å². The number of aromatic nitrogens is 2. The molecule has 0 radical (unpaired) electrons. The minimum atomic E-state index is 0.649. The Hall–Kier alpha value is -0.830. The lowest BCUT2D eigenvalue weighted by atomic mass is 9.93. The minimum absolute atomic E-state index is 0.649. The largest absolute Gasteiger partial charge is 0.334 e. The summed E-state index contributed by atoms with van der Waals surface area (Å²) < 4.78 is 2.41. The molecule has 0 saturated carbocycles. The third kappa shape index (κ3) is 2.93. The lowest BCUT2D eigenvalue weighted by molar-refractivity contribution is 0.139. The molecule has 0 aliphatic carbocycles. The molecular weight excluding hydrogens is 246 g/mol. The number of imidazole rings is 1. The molecule has 1 saturated heterocycles. The molecule has 1 fully saturated rings. The van der Waals surface area contributed by atoms with Crippen LogP contribution in [0.1, 0.15) is 63.9 Å². The highest BCUT2D eigenvalue weighted by atomic mass is 15.2. The first-order valence-electron chi connectivity index (χ1n) is 8.43. The molecule has 0 bridgehead atoms. The molecule has 3 nitrogen and oxygen atoms in total. The van der Waals surface area contributed by atoms with Gasteiger partial charge in [0.25, 0.3) is 0 Å². The fourth-order valence-corrected chi connectivity index (χ4v) is 3.88. The Bertz CT molecular complexity index is 449.